The van der Waals surface area contributed by atoms with Crippen LogP contribution in [-0.4, -0.2) is 54.6 Å². The molecule has 36 heavy (non-hydrogen) atoms. The predicted octanol–water partition coefficient (Wildman–Crippen LogP) is 5.12. The molecule has 1 aliphatic heterocycles. The second kappa shape index (κ2) is 12.5. The summed E-state index contributed by atoms with van der Waals surface area (Å²) in [6.07, 6.45) is 4.91. The van der Waals surface area contributed by atoms with E-state index < -0.39 is 0 Å². The van der Waals surface area contributed by atoms with Crippen molar-refractivity contribution < 1.29 is 9.53 Å². The third-order valence-electron chi connectivity index (χ3n) is 7.30. The minimum atomic E-state index is -0.0220. The molecule has 192 valence electrons. The van der Waals surface area contributed by atoms with E-state index in [-0.39, 0.29) is 11.9 Å². The first-order chi connectivity index (χ1) is 17.5. The standard InChI is InChI=1S/C29H38N4O2S/c1-20-9-14-30-22(3)27(20)29(34)31-15-10-21(2)33-16-11-25(12-17-33)32-28(24-13-18-36-19-24)23-5-7-26(35-4)8-6-23/h5-9,13-14,18-19,21,25,28,32H,10-12,15-17H2,1-4H3,(H,31,34)/t21-,28?/m1/s1. The zero-order valence-electron chi connectivity index (χ0n) is 21.8. The summed E-state index contributed by atoms with van der Waals surface area (Å²) in [5, 5.41) is 11.4. The minimum absolute atomic E-state index is 0.0220. The van der Waals surface area contributed by atoms with Crippen LogP contribution in [0.15, 0.2) is 53.4 Å². The van der Waals surface area contributed by atoms with Crippen LogP contribution in [0, 0.1) is 13.8 Å². The van der Waals surface area contributed by atoms with Crippen LogP contribution in [0.5, 0.6) is 5.75 Å². The summed E-state index contributed by atoms with van der Waals surface area (Å²) < 4.78 is 5.35. The van der Waals surface area contributed by atoms with Crippen LogP contribution < -0.4 is 15.4 Å². The number of ether oxygens (including phenoxy) is 1. The summed E-state index contributed by atoms with van der Waals surface area (Å²) in [5.41, 5.74) is 5.04. The maximum absolute atomic E-state index is 12.7. The Morgan fingerprint density at radius 3 is 2.53 bits per heavy atom. The number of likely N-dealkylation sites (tertiary alicyclic amines) is 1. The number of piperidine rings is 1. The van der Waals surface area contributed by atoms with Gasteiger partial charge in [-0.1, -0.05) is 12.1 Å². The molecule has 2 atom stereocenters. The molecule has 1 aromatic carbocycles. The molecule has 3 aromatic rings. The first kappa shape index (κ1) is 26.3. The van der Waals surface area contributed by atoms with E-state index in [1.165, 1.54) is 11.1 Å². The molecule has 2 N–H and O–H groups in total. The van der Waals surface area contributed by atoms with Crippen LogP contribution in [0.3, 0.4) is 0 Å². The van der Waals surface area contributed by atoms with Gasteiger partial charge in [-0.25, -0.2) is 0 Å². The summed E-state index contributed by atoms with van der Waals surface area (Å²) in [4.78, 5) is 19.5. The number of carbonyl (C=O) groups excluding carboxylic acids is 1. The molecule has 0 bridgehead atoms. The van der Waals surface area contributed by atoms with E-state index in [9.17, 15) is 4.79 Å². The zero-order chi connectivity index (χ0) is 25.5. The van der Waals surface area contributed by atoms with Gasteiger partial charge in [0.2, 0.25) is 0 Å². The van der Waals surface area contributed by atoms with Gasteiger partial charge in [0.15, 0.2) is 0 Å². The first-order valence-corrected chi connectivity index (χ1v) is 13.8. The molecule has 7 heteroatoms. The number of nitrogens with zero attached hydrogens (tertiary/aromatic N) is 2. The summed E-state index contributed by atoms with van der Waals surface area (Å²) in [5.74, 6) is 0.859. The van der Waals surface area contributed by atoms with Crippen LogP contribution in [0.4, 0.5) is 0 Å². The fraction of sp³-hybridized carbons (Fsp3) is 0.448. The Morgan fingerprint density at radius 2 is 1.89 bits per heavy atom. The molecule has 1 fully saturated rings. The lowest BCUT2D eigenvalue weighted by atomic mass is 9.96. The Morgan fingerprint density at radius 1 is 1.14 bits per heavy atom. The molecule has 1 aliphatic rings. The lowest BCUT2D eigenvalue weighted by Gasteiger charge is -2.38. The highest BCUT2D eigenvalue weighted by Gasteiger charge is 2.26. The van der Waals surface area contributed by atoms with E-state index >= 15 is 0 Å². The third kappa shape index (κ3) is 6.52. The molecular formula is C29H38N4O2S. The fourth-order valence-electron chi connectivity index (χ4n) is 5.07. The van der Waals surface area contributed by atoms with Gasteiger partial charge in [0.05, 0.1) is 24.4 Å². The van der Waals surface area contributed by atoms with Gasteiger partial charge in [-0.15, -0.1) is 0 Å². The van der Waals surface area contributed by atoms with Crippen molar-refractivity contribution >= 4 is 17.2 Å². The van der Waals surface area contributed by atoms with Crippen molar-refractivity contribution in [2.45, 2.75) is 58.2 Å². The highest BCUT2D eigenvalue weighted by molar-refractivity contribution is 7.08. The fourth-order valence-corrected chi connectivity index (χ4v) is 5.75. The van der Waals surface area contributed by atoms with Crippen LogP contribution in [0.2, 0.25) is 0 Å². The van der Waals surface area contributed by atoms with Crippen molar-refractivity contribution in [2.24, 2.45) is 0 Å². The van der Waals surface area contributed by atoms with Gasteiger partial charge in [0, 0.05) is 24.8 Å². The number of hydrogen-bond donors (Lipinski definition) is 2. The summed E-state index contributed by atoms with van der Waals surface area (Å²) in [7, 11) is 1.70. The second-order valence-electron chi connectivity index (χ2n) is 9.72. The number of pyridine rings is 1. The monoisotopic (exact) mass is 506 g/mol. The van der Waals surface area contributed by atoms with Crippen LogP contribution in [-0.2, 0) is 0 Å². The molecule has 2 aromatic heterocycles. The number of aryl methyl sites for hydroxylation is 2. The van der Waals surface area contributed by atoms with E-state index in [0.29, 0.717) is 24.2 Å². The Bertz CT molecular complexity index is 1090. The maximum atomic E-state index is 12.7. The van der Waals surface area contributed by atoms with Gasteiger partial charge in [-0.2, -0.15) is 11.3 Å². The molecular weight excluding hydrogens is 468 g/mol. The number of nitrogens with one attached hydrogen (secondary N) is 2. The molecule has 0 aliphatic carbocycles. The topological polar surface area (TPSA) is 66.5 Å². The molecule has 0 spiro atoms. The predicted molar refractivity (Wildman–Crippen MR) is 147 cm³/mol. The van der Waals surface area contributed by atoms with E-state index in [1.54, 1.807) is 24.6 Å². The van der Waals surface area contributed by atoms with Crippen molar-refractivity contribution in [3.63, 3.8) is 0 Å². The lowest BCUT2D eigenvalue weighted by Crippen LogP contribution is -2.47. The highest BCUT2D eigenvalue weighted by Crippen LogP contribution is 2.28. The SMILES string of the molecule is COc1ccc(C(NC2CCN([C@H](C)CCNC(=O)c3c(C)ccnc3C)CC2)c2ccsc2)cc1. The van der Waals surface area contributed by atoms with Crippen LogP contribution in [0.1, 0.15) is 65.0 Å². The van der Waals surface area contributed by atoms with Gasteiger partial charge < -0.3 is 20.3 Å². The van der Waals surface area contributed by atoms with Crippen molar-refractivity contribution in [3.05, 3.63) is 81.3 Å². The van der Waals surface area contributed by atoms with Crippen LogP contribution >= 0.6 is 11.3 Å². The lowest BCUT2D eigenvalue weighted by molar-refractivity contribution is 0.0942. The average molecular weight is 507 g/mol. The Labute approximate surface area is 219 Å². The van der Waals surface area contributed by atoms with Crippen molar-refractivity contribution in [1.82, 2.24) is 20.5 Å². The number of aromatic nitrogens is 1. The van der Waals surface area contributed by atoms with Crippen molar-refractivity contribution in [1.29, 1.82) is 0 Å². The van der Waals surface area contributed by atoms with E-state index in [1.807, 2.05) is 32.0 Å². The molecule has 0 saturated carbocycles. The van der Waals surface area contributed by atoms with Gasteiger partial charge in [-0.3, -0.25) is 9.78 Å². The van der Waals surface area contributed by atoms with Crippen LogP contribution in [0.25, 0.3) is 0 Å². The molecule has 1 amide bonds. The van der Waals surface area contributed by atoms with E-state index in [2.05, 4.69) is 56.4 Å². The number of methoxy groups -OCH3 is 1. The largest absolute Gasteiger partial charge is 0.497 e. The number of benzene rings is 1. The molecule has 6 nitrogen and oxygen atoms in total. The highest BCUT2D eigenvalue weighted by atomic mass is 32.1. The van der Waals surface area contributed by atoms with Gasteiger partial charge in [-0.05, 0) is 105 Å². The Balaban J connectivity index is 1.27. The van der Waals surface area contributed by atoms with Crippen molar-refractivity contribution in [3.8, 4) is 5.75 Å². The molecule has 4 rings (SSSR count). The van der Waals surface area contributed by atoms with E-state index in [4.69, 9.17) is 4.74 Å². The van der Waals surface area contributed by atoms with E-state index in [0.717, 1.165) is 49.4 Å². The summed E-state index contributed by atoms with van der Waals surface area (Å²) in [6, 6.07) is 13.6. The quantitative estimate of drug-likeness (QED) is 0.400. The van der Waals surface area contributed by atoms with Crippen molar-refractivity contribution in [2.75, 3.05) is 26.7 Å². The molecule has 3 heterocycles. The zero-order valence-corrected chi connectivity index (χ0v) is 22.6. The number of carbonyl (C=O) groups is 1. The summed E-state index contributed by atoms with van der Waals surface area (Å²) in [6.45, 7) is 8.91. The average Bonchev–Trinajstić information content (AvgIpc) is 3.42. The first-order valence-electron chi connectivity index (χ1n) is 12.8. The number of hydrogen-bond acceptors (Lipinski definition) is 6. The Hall–Kier alpha value is -2.74. The van der Waals surface area contributed by atoms with Gasteiger partial charge in [0.1, 0.15) is 5.75 Å². The third-order valence-corrected chi connectivity index (χ3v) is 8.01. The maximum Gasteiger partial charge on any atom is 0.253 e. The minimum Gasteiger partial charge on any atom is -0.497 e. The molecule has 1 saturated heterocycles. The Kier molecular flexibility index (Phi) is 9.13. The smallest absolute Gasteiger partial charge is 0.253 e. The number of rotatable bonds is 10. The van der Waals surface area contributed by atoms with Gasteiger partial charge in [0.25, 0.3) is 5.91 Å². The normalized spacial score (nSPS) is 16.4. The molecule has 1 unspecified atom stereocenters. The van der Waals surface area contributed by atoms with Gasteiger partial charge >= 0.3 is 0 Å². The second-order valence-corrected chi connectivity index (χ2v) is 10.5. The molecule has 0 radical (unpaired) electrons. The summed E-state index contributed by atoms with van der Waals surface area (Å²) >= 11 is 1.74. The number of thiophene rings is 1. The number of amides is 1.